The third-order valence-electron chi connectivity index (χ3n) is 3.80. The van der Waals surface area contributed by atoms with Gasteiger partial charge in [0.25, 0.3) is 0 Å². The van der Waals surface area contributed by atoms with E-state index in [1.807, 2.05) is 48.5 Å². The molecule has 0 fully saturated rings. The minimum Gasteiger partial charge on any atom is -0.448 e. The summed E-state index contributed by atoms with van der Waals surface area (Å²) < 4.78 is 5.79. The van der Waals surface area contributed by atoms with Crippen molar-refractivity contribution in [3.05, 3.63) is 71.8 Å². The maximum absolute atomic E-state index is 12.4. The summed E-state index contributed by atoms with van der Waals surface area (Å²) in [6.45, 7) is 0.821. The van der Waals surface area contributed by atoms with Crippen LogP contribution in [0.25, 0.3) is 0 Å². The molecule has 2 aromatic rings. The van der Waals surface area contributed by atoms with Gasteiger partial charge in [-0.1, -0.05) is 48.5 Å². The molecule has 1 heterocycles. The molecule has 1 aliphatic rings. The lowest BCUT2D eigenvalue weighted by Gasteiger charge is -2.23. The van der Waals surface area contributed by atoms with Crippen molar-refractivity contribution in [2.45, 2.75) is 25.4 Å². The van der Waals surface area contributed by atoms with Gasteiger partial charge in [-0.15, -0.1) is 0 Å². The molecule has 0 saturated heterocycles. The molecule has 3 heteroatoms. The standard InChI is InChI=1S/C19H19NO2/c21-19(16-11-5-2-6-12-16)22-18(15-9-3-1-4-10-15)17-13-7-8-14-20-17/h1-6,9-12,18H,7-8,13-14H2/t18-/m1/s1. The maximum Gasteiger partial charge on any atom is 0.339 e. The number of esters is 1. The predicted molar refractivity (Wildman–Crippen MR) is 87.2 cm³/mol. The average molecular weight is 293 g/mol. The normalized spacial score (nSPS) is 15.7. The molecule has 0 amide bonds. The van der Waals surface area contributed by atoms with E-state index in [4.69, 9.17) is 4.74 Å². The van der Waals surface area contributed by atoms with E-state index in [2.05, 4.69) is 4.99 Å². The van der Waals surface area contributed by atoms with Crippen LogP contribution in [-0.2, 0) is 4.74 Å². The third kappa shape index (κ3) is 3.42. The fourth-order valence-corrected chi connectivity index (χ4v) is 2.64. The summed E-state index contributed by atoms with van der Waals surface area (Å²) in [5.74, 6) is -0.303. The summed E-state index contributed by atoms with van der Waals surface area (Å²) in [4.78, 5) is 17.0. The van der Waals surface area contributed by atoms with Crippen LogP contribution in [0.15, 0.2) is 65.7 Å². The van der Waals surface area contributed by atoms with Crippen LogP contribution in [0.3, 0.4) is 0 Å². The fourth-order valence-electron chi connectivity index (χ4n) is 2.64. The molecular weight excluding hydrogens is 274 g/mol. The second-order valence-electron chi connectivity index (χ2n) is 5.39. The van der Waals surface area contributed by atoms with Crippen molar-refractivity contribution in [1.29, 1.82) is 0 Å². The second-order valence-corrected chi connectivity index (χ2v) is 5.39. The van der Waals surface area contributed by atoms with Crippen LogP contribution in [0.2, 0.25) is 0 Å². The van der Waals surface area contributed by atoms with Crippen LogP contribution in [0.5, 0.6) is 0 Å². The lowest BCUT2D eigenvalue weighted by atomic mass is 9.98. The largest absolute Gasteiger partial charge is 0.448 e. The second kappa shape index (κ2) is 7.03. The predicted octanol–water partition coefficient (Wildman–Crippen LogP) is 4.21. The first-order valence-electron chi connectivity index (χ1n) is 7.69. The monoisotopic (exact) mass is 293 g/mol. The molecule has 2 aromatic carbocycles. The molecule has 1 aliphatic heterocycles. The van der Waals surface area contributed by atoms with Gasteiger partial charge in [-0.05, 0) is 37.0 Å². The Balaban J connectivity index is 1.86. The highest BCUT2D eigenvalue weighted by atomic mass is 16.5. The van der Waals surface area contributed by atoms with E-state index in [1.165, 1.54) is 0 Å². The van der Waals surface area contributed by atoms with E-state index in [0.29, 0.717) is 5.56 Å². The Kier molecular flexibility index (Phi) is 4.64. The van der Waals surface area contributed by atoms with Crippen LogP contribution >= 0.6 is 0 Å². The van der Waals surface area contributed by atoms with E-state index < -0.39 is 0 Å². The lowest BCUT2D eigenvalue weighted by molar-refractivity contribution is 0.0418. The number of carbonyl (C=O) groups is 1. The van der Waals surface area contributed by atoms with Gasteiger partial charge in [-0.25, -0.2) is 4.79 Å². The number of rotatable bonds is 4. The molecule has 3 nitrogen and oxygen atoms in total. The summed E-state index contributed by atoms with van der Waals surface area (Å²) in [7, 11) is 0. The molecule has 0 saturated carbocycles. The van der Waals surface area contributed by atoms with E-state index in [0.717, 1.165) is 37.1 Å². The van der Waals surface area contributed by atoms with E-state index in [-0.39, 0.29) is 12.1 Å². The molecule has 0 spiro atoms. The number of ether oxygens (including phenoxy) is 1. The molecule has 1 atom stereocenters. The number of nitrogens with zero attached hydrogens (tertiary/aromatic N) is 1. The third-order valence-corrected chi connectivity index (χ3v) is 3.80. The molecule has 22 heavy (non-hydrogen) atoms. The van der Waals surface area contributed by atoms with Gasteiger partial charge in [0.05, 0.1) is 11.3 Å². The van der Waals surface area contributed by atoms with Gasteiger partial charge in [0.1, 0.15) is 0 Å². The number of aliphatic imine (C=N–C) groups is 1. The van der Waals surface area contributed by atoms with Crippen molar-refractivity contribution in [3.8, 4) is 0 Å². The number of hydrogen-bond donors (Lipinski definition) is 0. The molecule has 0 radical (unpaired) electrons. The Bertz CT molecular complexity index is 650. The van der Waals surface area contributed by atoms with Crippen molar-refractivity contribution < 1.29 is 9.53 Å². The molecule has 0 N–H and O–H groups in total. The highest BCUT2D eigenvalue weighted by molar-refractivity contribution is 5.95. The summed E-state index contributed by atoms with van der Waals surface area (Å²) in [6, 6.07) is 19.0. The quantitative estimate of drug-likeness (QED) is 0.792. The topological polar surface area (TPSA) is 38.7 Å². The van der Waals surface area contributed by atoms with Gasteiger partial charge < -0.3 is 4.74 Å². The molecule has 0 unspecified atom stereocenters. The summed E-state index contributed by atoms with van der Waals surface area (Å²) in [6.07, 6.45) is 2.72. The number of carbonyl (C=O) groups excluding carboxylic acids is 1. The summed E-state index contributed by atoms with van der Waals surface area (Å²) in [5.41, 5.74) is 2.52. The molecule has 3 rings (SSSR count). The van der Waals surface area contributed by atoms with Gasteiger partial charge in [0.15, 0.2) is 6.10 Å². The zero-order chi connectivity index (χ0) is 15.2. The Hall–Kier alpha value is -2.42. The Morgan fingerprint density at radius 1 is 0.955 bits per heavy atom. The van der Waals surface area contributed by atoms with E-state index in [1.54, 1.807) is 12.1 Å². The minimum absolute atomic E-state index is 0.303. The first kappa shape index (κ1) is 14.5. The fraction of sp³-hybridized carbons (Fsp3) is 0.263. The Labute approximate surface area is 130 Å². The highest BCUT2D eigenvalue weighted by Crippen LogP contribution is 2.25. The van der Waals surface area contributed by atoms with Crippen molar-refractivity contribution >= 4 is 11.7 Å². The van der Waals surface area contributed by atoms with Crippen LogP contribution in [0.1, 0.15) is 41.3 Å². The van der Waals surface area contributed by atoms with Crippen LogP contribution < -0.4 is 0 Å². The number of benzene rings is 2. The first-order chi connectivity index (χ1) is 10.8. The Morgan fingerprint density at radius 2 is 1.64 bits per heavy atom. The van der Waals surface area contributed by atoms with Gasteiger partial charge in [-0.3, -0.25) is 4.99 Å². The van der Waals surface area contributed by atoms with Crippen LogP contribution in [0, 0.1) is 0 Å². The first-order valence-corrected chi connectivity index (χ1v) is 7.69. The number of hydrogen-bond acceptors (Lipinski definition) is 3. The van der Waals surface area contributed by atoms with Crippen LogP contribution in [-0.4, -0.2) is 18.2 Å². The minimum atomic E-state index is -0.380. The van der Waals surface area contributed by atoms with Crippen molar-refractivity contribution in [1.82, 2.24) is 0 Å². The highest BCUT2D eigenvalue weighted by Gasteiger charge is 2.24. The zero-order valence-electron chi connectivity index (χ0n) is 12.4. The molecular formula is C19H19NO2. The lowest BCUT2D eigenvalue weighted by Crippen LogP contribution is -2.22. The van der Waals surface area contributed by atoms with Gasteiger partial charge in [0.2, 0.25) is 0 Å². The van der Waals surface area contributed by atoms with E-state index in [9.17, 15) is 4.79 Å². The van der Waals surface area contributed by atoms with Crippen LogP contribution in [0.4, 0.5) is 0 Å². The van der Waals surface area contributed by atoms with Gasteiger partial charge >= 0.3 is 5.97 Å². The Morgan fingerprint density at radius 3 is 2.27 bits per heavy atom. The summed E-state index contributed by atoms with van der Waals surface area (Å²) in [5, 5.41) is 0. The van der Waals surface area contributed by atoms with Crippen molar-refractivity contribution in [2.75, 3.05) is 6.54 Å². The molecule has 0 aromatic heterocycles. The average Bonchev–Trinajstić information content (AvgIpc) is 2.62. The maximum atomic E-state index is 12.4. The van der Waals surface area contributed by atoms with Crippen molar-refractivity contribution in [3.63, 3.8) is 0 Å². The molecule has 0 aliphatic carbocycles. The van der Waals surface area contributed by atoms with E-state index >= 15 is 0 Å². The van der Waals surface area contributed by atoms with Gasteiger partial charge in [0, 0.05) is 6.54 Å². The van der Waals surface area contributed by atoms with Crippen molar-refractivity contribution in [2.24, 2.45) is 4.99 Å². The SMILES string of the molecule is O=C(O[C@@H](C1=NCCCC1)c1ccccc1)c1ccccc1. The smallest absolute Gasteiger partial charge is 0.339 e. The zero-order valence-corrected chi connectivity index (χ0v) is 12.4. The van der Waals surface area contributed by atoms with Gasteiger partial charge in [-0.2, -0.15) is 0 Å². The molecule has 112 valence electrons. The summed E-state index contributed by atoms with van der Waals surface area (Å²) >= 11 is 0. The molecule has 0 bridgehead atoms.